The molecule has 2 N–H and O–H groups in total. The molecule has 0 spiro atoms. The maximum absolute atomic E-state index is 5.36. The molecule has 0 unspecified atom stereocenters. The summed E-state index contributed by atoms with van der Waals surface area (Å²) in [5.41, 5.74) is 6.18. The van der Waals surface area contributed by atoms with Crippen molar-refractivity contribution in [1.29, 1.82) is 0 Å². The Morgan fingerprint density at radius 1 is 0.900 bits per heavy atom. The summed E-state index contributed by atoms with van der Waals surface area (Å²) >= 11 is 0. The van der Waals surface area contributed by atoms with Gasteiger partial charge in [0.15, 0.2) is 0 Å². The summed E-state index contributed by atoms with van der Waals surface area (Å²) in [6.45, 7) is 0. The van der Waals surface area contributed by atoms with Crippen LogP contribution in [0.2, 0.25) is 0 Å². The van der Waals surface area contributed by atoms with Crippen molar-refractivity contribution in [2.75, 3.05) is 5.73 Å². The van der Waals surface area contributed by atoms with Gasteiger partial charge in [-0.15, -0.1) is 0 Å². The number of anilines is 1. The molecular formula is C8H13NPd. The molecule has 0 aliphatic rings. The summed E-state index contributed by atoms with van der Waals surface area (Å²) in [7, 11) is 0. The predicted molar refractivity (Wildman–Crippen MR) is 43.7 cm³/mol. The molecule has 0 aliphatic carbocycles. The molecule has 0 atom stereocenters. The summed E-state index contributed by atoms with van der Waals surface area (Å²) in [6.07, 6.45) is 0. The topological polar surface area (TPSA) is 26.0 Å². The van der Waals surface area contributed by atoms with Crippen molar-refractivity contribution in [2.45, 2.75) is 0 Å². The molecule has 0 aromatic heterocycles. The van der Waals surface area contributed by atoms with E-state index in [9.17, 15) is 0 Å². The van der Waals surface area contributed by atoms with E-state index in [0.29, 0.717) is 0 Å². The Bertz CT molecular complexity index is 139. The van der Waals surface area contributed by atoms with Gasteiger partial charge >= 0.3 is 20.4 Å². The first-order chi connectivity index (χ1) is 3.39. The van der Waals surface area contributed by atoms with Gasteiger partial charge in [0.25, 0.3) is 0 Å². The van der Waals surface area contributed by atoms with Crippen molar-refractivity contribution < 1.29 is 20.4 Å². The van der Waals surface area contributed by atoms with Crippen LogP contribution < -0.4 is 5.73 Å². The maximum Gasteiger partial charge on any atom is 2.00 e. The third-order valence-corrected chi connectivity index (χ3v) is 0.800. The molecule has 1 aromatic carbocycles. The van der Waals surface area contributed by atoms with E-state index in [4.69, 9.17) is 5.73 Å². The molecule has 0 saturated carbocycles. The number of benzene rings is 1. The predicted octanol–water partition coefficient (Wildman–Crippen LogP) is 2.17. The molecule has 0 radical (unpaired) electrons. The molecule has 0 amide bonds. The Labute approximate surface area is 77.3 Å². The van der Waals surface area contributed by atoms with Gasteiger partial charge in [-0.25, -0.2) is 0 Å². The summed E-state index contributed by atoms with van der Waals surface area (Å²) in [6, 6.07) is 9.49. The number of rotatable bonds is 0. The van der Waals surface area contributed by atoms with E-state index in [1.54, 1.807) is 0 Å². The molecule has 2 heteroatoms. The fourth-order valence-corrected chi connectivity index (χ4v) is 0.453. The first-order valence-electron chi connectivity index (χ1n) is 2.20. The largest absolute Gasteiger partial charge is 2.00 e. The molecule has 1 rings (SSSR count). The van der Waals surface area contributed by atoms with Crippen molar-refractivity contribution in [1.82, 2.24) is 0 Å². The first-order valence-corrected chi connectivity index (χ1v) is 2.20. The minimum absolute atomic E-state index is 0. The van der Waals surface area contributed by atoms with Gasteiger partial charge in [-0.05, 0) is 12.1 Å². The standard InChI is InChI=1S/C6H7N.2CH3.Pd/c7-6-4-2-1-3-5-6;;;/h1-5H,7H2;2*1H3;/q;2*-1;+2. The van der Waals surface area contributed by atoms with Gasteiger partial charge in [0.2, 0.25) is 0 Å². The summed E-state index contributed by atoms with van der Waals surface area (Å²) < 4.78 is 0. The van der Waals surface area contributed by atoms with Gasteiger partial charge in [-0.3, -0.25) is 0 Å². The Balaban J connectivity index is -0.000000163. The summed E-state index contributed by atoms with van der Waals surface area (Å²) in [5, 5.41) is 0. The Hall–Kier alpha value is -0.318. The molecule has 60 valence electrons. The zero-order chi connectivity index (χ0) is 5.11. The molecule has 1 nitrogen and oxygen atoms in total. The quantitative estimate of drug-likeness (QED) is 0.412. The second-order valence-electron chi connectivity index (χ2n) is 1.41. The van der Waals surface area contributed by atoms with Crippen LogP contribution in [-0.4, -0.2) is 0 Å². The molecule has 0 saturated heterocycles. The second-order valence-corrected chi connectivity index (χ2v) is 1.41. The van der Waals surface area contributed by atoms with Crippen molar-refractivity contribution in [3.8, 4) is 0 Å². The Morgan fingerprint density at radius 3 is 1.50 bits per heavy atom. The van der Waals surface area contributed by atoms with Crippen LogP contribution in [-0.2, 0) is 20.4 Å². The Kier molecular flexibility index (Phi) is 14.2. The Morgan fingerprint density at radius 2 is 1.30 bits per heavy atom. The van der Waals surface area contributed by atoms with Gasteiger partial charge in [0, 0.05) is 5.69 Å². The molecule has 10 heavy (non-hydrogen) atoms. The van der Waals surface area contributed by atoms with Crippen LogP contribution in [0, 0.1) is 14.9 Å². The molecule has 0 bridgehead atoms. The van der Waals surface area contributed by atoms with Crippen molar-refractivity contribution in [3.05, 3.63) is 45.2 Å². The third-order valence-electron chi connectivity index (χ3n) is 0.800. The van der Waals surface area contributed by atoms with Gasteiger partial charge < -0.3 is 20.6 Å². The molecule has 0 heterocycles. The average molecular weight is 230 g/mol. The maximum atomic E-state index is 5.36. The van der Waals surface area contributed by atoms with E-state index >= 15 is 0 Å². The molecular weight excluding hydrogens is 217 g/mol. The van der Waals surface area contributed by atoms with Gasteiger partial charge in [-0.1, -0.05) is 18.2 Å². The van der Waals surface area contributed by atoms with Crippen LogP contribution in [0.1, 0.15) is 0 Å². The van der Waals surface area contributed by atoms with Crippen LogP contribution in [0.15, 0.2) is 30.3 Å². The van der Waals surface area contributed by atoms with E-state index in [-0.39, 0.29) is 35.3 Å². The van der Waals surface area contributed by atoms with E-state index in [1.165, 1.54) is 0 Å². The van der Waals surface area contributed by atoms with Crippen LogP contribution in [0.3, 0.4) is 0 Å². The number of hydrogen-bond donors (Lipinski definition) is 1. The SMILES string of the molecule is Nc1ccccc1.[CH3-].[CH3-].[Pd+2]. The smallest absolute Gasteiger partial charge is 0.399 e. The molecule has 0 fully saturated rings. The van der Waals surface area contributed by atoms with Crippen LogP contribution in [0.4, 0.5) is 5.69 Å². The van der Waals surface area contributed by atoms with Crippen molar-refractivity contribution >= 4 is 5.69 Å². The minimum atomic E-state index is 0. The van der Waals surface area contributed by atoms with Crippen LogP contribution >= 0.6 is 0 Å². The van der Waals surface area contributed by atoms with E-state index in [2.05, 4.69) is 0 Å². The van der Waals surface area contributed by atoms with E-state index in [1.807, 2.05) is 30.3 Å². The normalized spacial score (nSPS) is 6.00. The number of nitrogen functional groups attached to an aromatic ring is 1. The number of para-hydroxylation sites is 1. The molecule has 1 aromatic rings. The van der Waals surface area contributed by atoms with E-state index < -0.39 is 0 Å². The fraction of sp³-hybridized carbons (Fsp3) is 0. The second kappa shape index (κ2) is 8.68. The zero-order valence-corrected chi connectivity index (χ0v) is 7.83. The van der Waals surface area contributed by atoms with Crippen molar-refractivity contribution in [3.63, 3.8) is 0 Å². The van der Waals surface area contributed by atoms with Crippen LogP contribution in [0.25, 0.3) is 0 Å². The zero-order valence-electron chi connectivity index (χ0n) is 6.28. The molecule has 0 aliphatic heterocycles. The summed E-state index contributed by atoms with van der Waals surface area (Å²) in [5.74, 6) is 0. The van der Waals surface area contributed by atoms with Crippen molar-refractivity contribution in [2.24, 2.45) is 0 Å². The fourth-order valence-electron chi connectivity index (χ4n) is 0.453. The number of hydrogen-bond acceptors (Lipinski definition) is 1. The van der Waals surface area contributed by atoms with Crippen LogP contribution in [0.5, 0.6) is 0 Å². The van der Waals surface area contributed by atoms with Gasteiger partial charge in [0.1, 0.15) is 0 Å². The minimum Gasteiger partial charge on any atom is -0.399 e. The summed E-state index contributed by atoms with van der Waals surface area (Å²) in [4.78, 5) is 0. The van der Waals surface area contributed by atoms with Gasteiger partial charge in [-0.2, -0.15) is 0 Å². The third kappa shape index (κ3) is 5.81. The first kappa shape index (κ1) is 16.3. The van der Waals surface area contributed by atoms with E-state index in [0.717, 1.165) is 5.69 Å². The monoisotopic (exact) mass is 229 g/mol. The van der Waals surface area contributed by atoms with Gasteiger partial charge in [0.05, 0.1) is 0 Å². The average Bonchev–Trinajstić information content (AvgIpc) is 1.69. The number of nitrogens with two attached hydrogens (primary N) is 1.